The van der Waals surface area contributed by atoms with Crippen molar-refractivity contribution in [2.75, 3.05) is 18.9 Å². The van der Waals surface area contributed by atoms with E-state index in [4.69, 9.17) is 0 Å². The summed E-state index contributed by atoms with van der Waals surface area (Å²) in [5.41, 5.74) is 3.28. The molecule has 1 aromatic carbocycles. The molecule has 1 aliphatic rings. The molecular formula is C18H23N5O. The zero-order chi connectivity index (χ0) is 16.9. The predicted molar refractivity (Wildman–Crippen MR) is 96.0 cm³/mol. The standard InChI is InChI=1S/C18H23N5O/c1-19-18(20-10-13-7-8-23(2)12-13)21-11-14-9-17(24)22-16-6-4-3-5-15(14)16/h3-8,12,14H,9-11H2,1-2H3,(H,22,24)(H2,19,20,21). The van der Waals surface area contributed by atoms with Gasteiger partial charge in [-0.3, -0.25) is 9.79 Å². The van der Waals surface area contributed by atoms with Gasteiger partial charge in [0.1, 0.15) is 0 Å². The summed E-state index contributed by atoms with van der Waals surface area (Å²) in [7, 11) is 3.75. The molecule has 24 heavy (non-hydrogen) atoms. The molecule has 3 rings (SSSR count). The fourth-order valence-electron chi connectivity index (χ4n) is 2.98. The van der Waals surface area contributed by atoms with Crippen LogP contribution in [0.2, 0.25) is 0 Å². The highest BCUT2D eigenvalue weighted by Crippen LogP contribution is 2.31. The van der Waals surface area contributed by atoms with Gasteiger partial charge in [0, 0.05) is 57.6 Å². The maximum absolute atomic E-state index is 11.9. The van der Waals surface area contributed by atoms with Crippen molar-refractivity contribution in [2.24, 2.45) is 12.0 Å². The van der Waals surface area contributed by atoms with E-state index in [1.54, 1.807) is 7.05 Å². The first kappa shape index (κ1) is 16.1. The lowest BCUT2D eigenvalue weighted by Crippen LogP contribution is -2.40. The Morgan fingerprint density at radius 3 is 2.92 bits per heavy atom. The summed E-state index contributed by atoms with van der Waals surface area (Å²) in [5, 5.41) is 9.55. The number of aromatic nitrogens is 1. The number of hydrogen-bond donors (Lipinski definition) is 3. The quantitative estimate of drug-likeness (QED) is 0.593. The second-order valence-corrected chi connectivity index (χ2v) is 6.03. The van der Waals surface area contributed by atoms with E-state index >= 15 is 0 Å². The summed E-state index contributed by atoms with van der Waals surface area (Å²) >= 11 is 0. The van der Waals surface area contributed by atoms with E-state index in [1.807, 2.05) is 36.0 Å². The van der Waals surface area contributed by atoms with Gasteiger partial charge < -0.3 is 20.5 Å². The second-order valence-electron chi connectivity index (χ2n) is 6.03. The van der Waals surface area contributed by atoms with Crippen LogP contribution in [0.1, 0.15) is 23.5 Å². The number of nitrogens with zero attached hydrogens (tertiary/aromatic N) is 2. The fourth-order valence-corrected chi connectivity index (χ4v) is 2.98. The van der Waals surface area contributed by atoms with Crippen LogP contribution in [0.3, 0.4) is 0 Å². The summed E-state index contributed by atoms with van der Waals surface area (Å²) in [6.07, 6.45) is 4.58. The molecular weight excluding hydrogens is 302 g/mol. The molecule has 126 valence electrons. The molecule has 1 amide bonds. The summed E-state index contributed by atoms with van der Waals surface area (Å²) < 4.78 is 2.02. The molecule has 1 unspecified atom stereocenters. The maximum Gasteiger partial charge on any atom is 0.225 e. The molecule has 0 saturated heterocycles. The summed E-state index contributed by atoms with van der Waals surface area (Å²) in [5.74, 6) is 0.945. The van der Waals surface area contributed by atoms with Crippen LogP contribution in [0.5, 0.6) is 0 Å². The molecule has 0 bridgehead atoms. The van der Waals surface area contributed by atoms with Crippen molar-refractivity contribution in [3.63, 3.8) is 0 Å². The molecule has 0 aliphatic carbocycles. The molecule has 1 aromatic heterocycles. The molecule has 1 atom stereocenters. The van der Waals surface area contributed by atoms with Crippen molar-refractivity contribution < 1.29 is 4.79 Å². The number of carbonyl (C=O) groups excluding carboxylic acids is 1. The molecule has 2 aromatic rings. The number of para-hydroxylation sites is 1. The smallest absolute Gasteiger partial charge is 0.225 e. The minimum atomic E-state index is 0.0627. The van der Waals surface area contributed by atoms with Gasteiger partial charge in [-0.25, -0.2) is 0 Å². The second kappa shape index (κ2) is 7.21. The summed E-state index contributed by atoms with van der Waals surface area (Å²) in [6, 6.07) is 10.0. The largest absolute Gasteiger partial charge is 0.357 e. The van der Waals surface area contributed by atoms with Crippen LogP contribution in [-0.2, 0) is 18.4 Å². The van der Waals surface area contributed by atoms with Crippen molar-refractivity contribution in [1.82, 2.24) is 15.2 Å². The highest BCUT2D eigenvalue weighted by Gasteiger charge is 2.24. The molecule has 0 spiro atoms. The Balaban J connectivity index is 1.59. The fraction of sp³-hybridized carbons (Fsp3) is 0.333. The van der Waals surface area contributed by atoms with Crippen LogP contribution in [0.25, 0.3) is 0 Å². The number of rotatable bonds is 4. The SMILES string of the molecule is CN=C(NCc1ccn(C)c1)NCC1CC(=O)Nc2ccccc21. The molecule has 0 radical (unpaired) electrons. The van der Waals surface area contributed by atoms with E-state index in [2.05, 4.69) is 39.3 Å². The van der Waals surface area contributed by atoms with Gasteiger partial charge in [0.05, 0.1) is 0 Å². The Hall–Kier alpha value is -2.76. The monoisotopic (exact) mass is 325 g/mol. The van der Waals surface area contributed by atoms with Crippen molar-refractivity contribution in [1.29, 1.82) is 0 Å². The summed E-state index contributed by atoms with van der Waals surface area (Å²) in [4.78, 5) is 16.1. The third-order valence-electron chi connectivity index (χ3n) is 4.20. The number of benzene rings is 1. The van der Waals surface area contributed by atoms with Gasteiger partial charge in [-0.05, 0) is 23.3 Å². The summed E-state index contributed by atoms with van der Waals surface area (Å²) in [6.45, 7) is 1.38. The molecule has 6 nitrogen and oxygen atoms in total. The number of nitrogens with one attached hydrogen (secondary N) is 3. The van der Waals surface area contributed by atoms with E-state index in [-0.39, 0.29) is 11.8 Å². The normalized spacial score (nSPS) is 17.2. The van der Waals surface area contributed by atoms with Crippen LogP contribution in [0.4, 0.5) is 5.69 Å². The van der Waals surface area contributed by atoms with Crippen LogP contribution >= 0.6 is 0 Å². The van der Waals surface area contributed by atoms with Gasteiger partial charge >= 0.3 is 0 Å². The third kappa shape index (κ3) is 3.76. The van der Waals surface area contributed by atoms with Crippen molar-refractivity contribution in [2.45, 2.75) is 18.9 Å². The Morgan fingerprint density at radius 1 is 1.33 bits per heavy atom. The zero-order valence-electron chi connectivity index (χ0n) is 14.0. The van der Waals surface area contributed by atoms with Gasteiger partial charge in [0.25, 0.3) is 0 Å². The molecule has 3 N–H and O–H groups in total. The third-order valence-corrected chi connectivity index (χ3v) is 4.20. The van der Waals surface area contributed by atoms with Gasteiger partial charge in [-0.15, -0.1) is 0 Å². The zero-order valence-corrected chi connectivity index (χ0v) is 14.0. The van der Waals surface area contributed by atoms with Gasteiger partial charge in [0.15, 0.2) is 5.96 Å². The van der Waals surface area contributed by atoms with E-state index < -0.39 is 0 Å². The van der Waals surface area contributed by atoms with E-state index in [1.165, 1.54) is 11.1 Å². The number of anilines is 1. The Bertz CT molecular complexity index is 749. The van der Waals surface area contributed by atoms with E-state index in [0.717, 1.165) is 11.6 Å². The van der Waals surface area contributed by atoms with E-state index in [9.17, 15) is 4.79 Å². The highest BCUT2D eigenvalue weighted by atomic mass is 16.1. The lowest BCUT2D eigenvalue weighted by Gasteiger charge is -2.26. The predicted octanol–water partition coefficient (Wildman–Crippen LogP) is 1.82. The lowest BCUT2D eigenvalue weighted by atomic mass is 9.90. The van der Waals surface area contributed by atoms with Crippen molar-refractivity contribution in [3.05, 3.63) is 53.9 Å². The number of hydrogen-bond acceptors (Lipinski definition) is 2. The minimum Gasteiger partial charge on any atom is -0.357 e. The highest BCUT2D eigenvalue weighted by molar-refractivity contribution is 5.94. The number of carbonyl (C=O) groups is 1. The first-order valence-electron chi connectivity index (χ1n) is 8.10. The average molecular weight is 325 g/mol. The van der Waals surface area contributed by atoms with Crippen molar-refractivity contribution >= 4 is 17.6 Å². The Morgan fingerprint density at radius 2 is 2.17 bits per heavy atom. The minimum absolute atomic E-state index is 0.0627. The number of amides is 1. The van der Waals surface area contributed by atoms with Gasteiger partial charge in [0.2, 0.25) is 5.91 Å². The molecule has 6 heteroatoms. The first-order valence-corrected chi connectivity index (χ1v) is 8.10. The number of aryl methyl sites for hydroxylation is 1. The molecule has 2 heterocycles. The maximum atomic E-state index is 11.9. The molecule has 0 fully saturated rings. The molecule has 0 saturated carbocycles. The lowest BCUT2D eigenvalue weighted by molar-refractivity contribution is -0.116. The number of aliphatic imine (C=N–C) groups is 1. The van der Waals surface area contributed by atoms with Crippen LogP contribution in [-0.4, -0.2) is 30.0 Å². The van der Waals surface area contributed by atoms with Crippen LogP contribution < -0.4 is 16.0 Å². The Labute approximate surface area is 142 Å². The Kier molecular flexibility index (Phi) is 4.84. The first-order chi connectivity index (χ1) is 11.7. The topological polar surface area (TPSA) is 70.5 Å². The van der Waals surface area contributed by atoms with Gasteiger partial charge in [-0.1, -0.05) is 18.2 Å². The van der Waals surface area contributed by atoms with Crippen molar-refractivity contribution in [3.8, 4) is 0 Å². The van der Waals surface area contributed by atoms with E-state index in [0.29, 0.717) is 19.5 Å². The van der Waals surface area contributed by atoms with Gasteiger partial charge in [-0.2, -0.15) is 0 Å². The number of guanidine groups is 1. The number of fused-ring (bicyclic) bond motifs is 1. The molecule has 1 aliphatic heterocycles. The van der Waals surface area contributed by atoms with Crippen LogP contribution in [0, 0.1) is 0 Å². The average Bonchev–Trinajstić information content (AvgIpc) is 3.00. The van der Waals surface area contributed by atoms with Crippen LogP contribution in [0.15, 0.2) is 47.7 Å².